The minimum Gasteiger partial charge on any atom is -0.496 e. The van der Waals surface area contributed by atoms with Crippen LogP contribution in [-0.2, 0) is 11.2 Å². The second-order valence-electron chi connectivity index (χ2n) is 4.95. The van der Waals surface area contributed by atoms with Crippen LogP contribution in [0, 0.1) is 5.92 Å². The predicted molar refractivity (Wildman–Crippen MR) is 76.0 cm³/mol. The third-order valence-corrected chi connectivity index (χ3v) is 4.27. The summed E-state index contributed by atoms with van der Waals surface area (Å²) in [7, 11) is 1.65. The van der Waals surface area contributed by atoms with Crippen molar-refractivity contribution >= 4 is 21.7 Å². The zero-order valence-corrected chi connectivity index (χ0v) is 12.3. The number of halogens is 1. The zero-order chi connectivity index (χ0) is 13.0. The van der Waals surface area contributed by atoms with Crippen LogP contribution in [0.4, 0.5) is 0 Å². The van der Waals surface area contributed by atoms with Crippen molar-refractivity contribution in [2.45, 2.75) is 38.5 Å². The molecule has 1 aliphatic carbocycles. The average molecular weight is 311 g/mol. The third kappa shape index (κ3) is 3.35. The van der Waals surface area contributed by atoms with Crippen LogP contribution in [0.1, 0.15) is 37.7 Å². The summed E-state index contributed by atoms with van der Waals surface area (Å²) in [6.07, 6.45) is 6.42. The molecule has 2 rings (SSSR count). The van der Waals surface area contributed by atoms with Crippen molar-refractivity contribution in [3.8, 4) is 5.75 Å². The van der Waals surface area contributed by atoms with E-state index < -0.39 is 0 Å². The fourth-order valence-corrected chi connectivity index (χ4v) is 3.18. The standard InChI is InChI=1S/C15H19BrO2/c1-18-15-8-7-11(9-13(15)16)10-14(17)12-5-3-2-4-6-12/h7-9,12H,2-6,10H2,1H3. The van der Waals surface area contributed by atoms with E-state index in [1.165, 1.54) is 19.3 Å². The van der Waals surface area contributed by atoms with Crippen molar-refractivity contribution in [1.29, 1.82) is 0 Å². The van der Waals surface area contributed by atoms with Gasteiger partial charge < -0.3 is 4.74 Å². The van der Waals surface area contributed by atoms with E-state index in [1.54, 1.807) is 7.11 Å². The summed E-state index contributed by atoms with van der Waals surface area (Å²) in [6, 6.07) is 5.87. The van der Waals surface area contributed by atoms with Gasteiger partial charge in [0, 0.05) is 12.3 Å². The van der Waals surface area contributed by atoms with Gasteiger partial charge in [-0.05, 0) is 46.5 Å². The molecule has 1 aliphatic rings. The van der Waals surface area contributed by atoms with Gasteiger partial charge in [-0.2, -0.15) is 0 Å². The van der Waals surface area contributed by atoms with Gasteiger partial charge in [0.15, 0.2) is 0 Å². The van der Waals surface area contributed by atoms with E-state index in [0.29, 0.717) is 18.1 Å². The molecule has 0 N–H and O–H groups in total. The van der Waals surface area contributed by atoms with Crippen LogP contribution in [0.3, 0.4) is 0 Å². The Morgan fingerprint density at radius 2 is 2.06 bits per heavy atom. The lowest BCUT2D eigenvalue weighted by molar-refractivity contribution is -0.123. The van der Waals surface area contributed by atoms with Crippen molar-refractivity contribution in [2.24, 2.45) is 5.92 Å². The minimum atomic E-state index is 0.291. The smallest absolute Gasteiger partial charge is 0.140 e. The maximum Gasteiger partial charge on any atom is 0.140 e. The van der Waals surface area contributed by atoms with E-state index in [-0.39, 0.29) is 0 Å². The van der Waals surface area contributed by atoms with E-state index in [9.17, 15) is 4.79 Å². The van der Waals surface area contributed by atoms with E-state index in [4.69, 9.17) is 4.74 Å². The van der Waals surface area contributed by atoms with Gasteiger partial charge in [-0.1, -0.05) is 25.3 Å². The Morgan fingerprint density at radius 3 is 2.67 bits per heavy atom. The third-order valence-electron chi connectivity index (χ3n) is 3.66. The van der Waals surface area contributed by atoms with Crippen LogP contribution in [0.25, 0.3) is 0 Å². The number of ketones is 1. The molecule has 0 radical (unpaired) electrons. The highest BCUT2D eigenvalue weighted by Gasteiger charge is 2.21. The van der Waals surface area contributed by atoms with Gasteiger partial charge >= 0.3 is 0 Å². The molecular formula is C15H19BrO2. The largest absolute Gasteiger partial charge is 0.496 e. The molecular weight excluding hydrogens is 292 g/mol. The van der Waals surface area contributed by atoms with Crippen LogP contribution in [-0.4, -0.2) is 12.9 Å². The molecule has 1 aromatic carbocycles. The van der Waals surface area contributed by atoms with Gasteiger partial charge in [0.25, 0.3) is 0 Å². The highest BCUT2D eigenvalue weighted by molar-refractivity contribution is 9.10. The van der Waals surface area contributed by atoms with Crippen LogP contribution in [0.5, 0.6) is 5.75 Å². The minimum absolute atomic E-state index is 0.291. The highest BCUT2D eigenvalue weighted by Crippen LogP contribution is 2.28. The molecule has 1 saturated carbocycles. The maximum atomic E-state index is 12.2. The van der Waals surface area contributed by atoms with Crippen molar-refractivity contribution in [3.05, 3.63) is 28.2 Å². The first-order chi connectivity index (χ1) is 8.70. The quantitative estimate of drug-likeness (QED) is 0.835. The van der Waals surface area contributed by atoms with Gasteiger partial charge in [-0.25, -0.2) is 0 Å². The van der Waals surface area contributed by atoms with E-state index >= 15 is 0 Å². The summed E-state index contributed by atoms with van der Waals surface area (Å²) in [6.45, 7) is 0. The van der Waals surface area contributed by atoms with Crippen molar-refractivity contribution in [1.82, 2.24) is 0 Å². The van der Waals surface area contributed by atoms with E-state index in [2.05, 4.69) is 15.9 Å². The number of Topliss-reactive ketones (excluding diaryl/α,β-unsaturated/α-hetero) is 1. The van der Waals surface area contributed by atoms with Crippen molar-refractivity contribution in [2.75, 3.05) is 7.11 Å². The molecule has 0 bridgehead atoms. The molecule has 1 fully saturated rings. The van der Waals surface area contributed by atoms with E-state index in [1.807, 2.05) is 18.2 Å². The number of hydrogen-bond donors (Lipinski definition) is 0. The van der Waals surface area contributed by atoms with Gasteiger partial charge in [0.1, 0.15) is 11.5 Å². The lowest BCUT2D eigenvalue weighted by Gasteiger charge is -2.20. The molecule has 3 heteroatoms. The zero-order valence-electron chi connectivity index (χ0n) is 10.7. The van der Waals surface area contributed by atoms with Crippen LogP contribution in [0.2, 0.25) is 0 Å². The Labute approximate surface area is 117 Å². The van der Waals surface area contributed by atoms with Gasteiger partial charge in [-0.15, -0.1) is 0 Å². The fourth-order valence-electron chi connectivity index (χ4n) is 2.59. The molecule has 1 aromatic rings. The lowest BCUT2D eigenvalue weighted by Crippen LogP contribution is -2.19. The molecule has 18 heavy (non-hydrogen) atoms. The average Bonchev–Trinajstić information content (AvgIpc) is 2.40. The Hall–Kier alpha value is -0.830. The van der Waals surface area contributed by atoms with Gasteiger partial charge in [0.05, 0.1) is 11.6 Å². The summed E-state index contributed by atoms with van der Waals surface area (Å²) in [5, 5.41) is 0. The molecule has 0 atom stereocenters. The first-order valence-electron chi connectivity index (χ1n) is 6.56. The molecule has 0 saturated heterocycles. The number of hydrogen-bond acceptors (Lipinski definition) is 2. The van der Waals surface area contributed by atoms with Crippen molar-refractivity contribution < 1.29 is 9.53 Å². The summed E-state index contributed by atoms with van der Waals surface area (Å²) in [5.41, 5.74) is 1.07. The SMILES string of the molecule is COc1ccc(CC(=O)C2CCCCC2)cc1Br. The summed E-state index contributed by atoms with van der Waals surface area (Å²) in [4.78, 5) is 12.2. The first-order valence-corrected chi connectivity index (χ1v) is 7.35. The number of carbonyl (C=O) groups is 1. The molecule has 0 heterocycles. The lowest BCUT2D eigenvalue weighted by atomic mass is 9.84. The predicted octanol–water partition coefficient (Wildman–Crippen LogP) is 4.15. The first kappa shape index (κ1) is 13.6. The Bertz CT molecular complexity index is 423. The van der Waals surface area contributed by atoms with Gasteiger partial charge in [0.2, 0.25) is 0 Å². The maximum absolute atomic E-state index is 12.2. The second kappa shape index (κ2) is 6.37. The molecule has 2 nitrogen and oxygen atoms in total. The molecule has 0 aliphatic heterocycles. The number of ether oxygens (including phenoxy) is 1. The molecule has 0 unspecified atom stereocenters. The van der Waals surface area contributed by atoms with Crippen LogP contribution >= 0.6 is 15.9 Å². The summed E-state index contributed by atoms with van der Waals surface area (Å²) < 4.78 is 6.11. The Balaban J connectivity index is 2.00. The molecule has 0 amide bonds. The Morgan fingerprint density at radius 1 is 1.33 bits per heavy atom. The summed E-state index contributed by atoms with van der Waals surface area (Å²) >= 11 is 3.46. The van der Waals surface area contributed by atoms with E-state index in [0.717, 1.165) is 28.6 Å². The van der Waals surface area contributed by atoms with Crippen LogP contribution < -0.4 is 4.74 Å². The van der Waals surface area contributed by atoms with Gasteiger partial charge in [-0.3, -0.25) is 4.79 Å². The summed E-state index contributed by atoms with van der Waals surface area (Å²) in [5.74, 6) is 1.50. The molecule has 0 spiro atoms. The number of methoxy groups -OCH3 is 1. The number of benzene rings is 1. The number of carbonyl (C=O) groups excluding carboxylic acids is 1. The fraction of sp³-hybridized carbons (Fsp3) is 0.533. The molecule has 98 valence electrons. The van der Waals surface area contributed by atoms with Crippen molar-refractivity contribution in [3.63, 3.8) is 0 Å². The number of rotatable bonds is 4. The monoisotopic (exact) mass is 310 g/mol. The normalized spacial score (nSPS) is 16.6. The Kier molecular flexibility index (Phi) is 4.81. The topological polar surface area (TPSA) is 26.3 Å². The van der Waals surface area contributed by atoms with Crippen LogP contribution in [0.15, 0.2) is 22.7 Å². The second-order valence-corrected chi connectivity index (χ2v) is 5.80. The molecule has 0 aromatic heterocycles. The highest BCUT2D eigenvalue weighted by atomic mass is 79.9.